The van der Waals surface area contributed by atoms with Crippen LogP contribution in [0.2, 0.25) is 0 Å². The van der Waals surface area contributed by atoms with E-state index in [0.29, 0.717) is 0 Å². The van der Waals surface area contributed by atoms with Crippen LogP contribution in [-0.2, 0) is 9.59 Å². The van der Waals surface area contributed by atoms with Gasteiger partial charge in [-0.3, -0.25) is 0 Å². The molecule has 124 valence electrons. The predicted octanol–water partition coefficient (Wildman–Crippen LogP) is -5.07. The van der Waals surface area contributed by atoms with Crippen molar-refractivity contribution in [1.29, 1.82) is 0 Å². The van der Waals surface area contributed by atoms with Gasteiger partial charge in [-0.25, -0.2) is 0 Å². The first kappa shape index (κ1) is 34.7. The molecule has 23 heavy (non-hydrogen) atoms. The second kappa shape index (κ2) is 30.3. The molecule has 0 saturated carbocycles. The van der Waals surface area contributed by atoms with Crippen molar-refractivity contribution in [3.8, 4) is 0 Å². The van der Waals surface area contributed by atoms with Gasteiger partial charge in [-0.2, -0.15) is 0 Å². The summed E-state index contributed by atoms with van der Waals surface area (Å²) in [4.78, 5) is 19.7. The monoisotopic (exact) mass is 346 g/mol. The second-order valence-electron chi connectivity index (χ2n) is 4.43. The maximum atomic E-state index is 9.83. The number of allylic oxidation sites excluding steroid dienone is 2. The predicted molar refractivity (Wildman–Crippen MR) is 80.2 cm³/mol. The van der Waals surface area contributed by atoms with Gasteiger partial charge in [-0.1, -0.05) is 51.7 Å². The van der Waals surface area contributed by atoms with Crippen LogP contribution in [0.5, 0.6) is 0 Å². The van der Waals surface area contributed by atoms with E-state index >= 15 is 0 Å². The molecule has 0 radical (unpaired) electrons. The van der Waals surface area contributed by atoms with Gasteiger partial charge in [0.15, 0.2) is 0 Å². The van der Waals surface area contributed by atoms with E-state index in [9.17, 15) is 19.8 Å². The molecule has 2 N–H and O–H groups in total. The Bertz CT molecular complexity index is 275. The molecule has 0 aromatic carbocycles. The second-order valence-corrected chi connectivity index (χ2v) is 4.43. The molecule has 0 aliphatic carbocycles. The Labute approximate surface area is 184 Å². The minimum Gasteiger partial charge on any atom is -0.545 e. The summed E-state index contributed by atoms with van der Waals surface area (Å²) in [7, 11) is 0. The van der Waals surface area contributed by atoms with Gasteiger partial charge in [0.05, 0.1) is 11.9 Å². The van der Waals surface area contributed by atoms with Gasteiger partial charge in [0.25, 0.3) is 0 Å². The first-order chi connectivity index (χ1) is 9.54. The maximum absolute atomic E-state index is 9.83. The topological polar surface area (TPSA) is 112 Å². The fourth-order valence-corrected chi connectivity index (χ4v) is 1.38. The molecule has 0 saturated heterocycles. The Morgan fingerprint density at radius 2 is 1.04 bits per heavy atom. The van der Waals surface area contributed by atoms with Gasteiger partial charge >= 0.3 is 59.1 Å². The quantitative estimate of drug-likeness (QED) is 0.224. The first-order valence-corrected chi connectivity index (χ1v) is 7.29. The maximum Gasteiger partial charge on any atom is 1.00 e. The van der Waals surface area contributed by atoms with Crippen molar-refractivity contribution >= 4 is 11.9 Å². The van der Waals surface area contributed by atoms with Crippen LogP contribution in [0.15, 0.2) is 24.3 Å². The van der Waals surface area contributed by atoms with Gasteiger partial charge in [-0.15, -0.1) is 0 Å². The summed E-state index contributed by atoms with van der Waals surface area (Å²) in [5, 5.41) is 19.7. The van der Waals surface area contributed by atoms with Gasteiger partial charge in [0.2, 0.25) is 0 Å². The van der Waals surface area contributed by atoms with E-state index in [-0.39, 0.29) is 64.6 Å². The van der Waals surface area contributed by atoms with Crippen molar-refractivity contribution < 1.29 is 84.4 Å². The summed E-state index contributed by atoms with van der Waals surface area (Å²) in [5.74, 6) is -2.20. The number of hydrogen-bond donors (Lipinski definition) is 0. The van der Waals surface area contributed by atoms with E-state index in [4.69, 9.17) is 0 Å². The molecule has 0 amide bonds. The number of carboxylic acid groups (broad SMARTS) is 2. The molecule has 0 atom stereocenters. The molecule has 0 unspecified atom stereocenters. The number of carbonyl (C=O) groups excluding carboxylic acids is 2. The van der Waals surface area contributed by atoms with Crippen molar-refractivity contribution in [2.45, 2.75) is 65.2 Å². The normalized spacial score (nSPS) is 9.13. The van der Waals surface area contributed by atoms with E-state index in [0.717, 1.165) is 50.7 Å². The molecular formula is C16H28Na2O5. The number of rotatable bonds is 10. The molecule has 0 aromatic rings. The summed E-state index contributed by atoms with van der Waals surface area (Å²) < 4.78 is 0. The smallest absolute Gasteiger partial charge is 0.545 e. The standard InChI is InChI=1S/2C8H14O2.2Na.H2O/c2*1-2-3-4-5-6-7-8(9)10;;;/h2*6-7H,2-5H2,1H3,(H,9,10);;;1H2/q;;2*+1;/p-2. The summed E-state index contributed by atoms with van der Waals surface area (Å²) in [5.41, 5.74) is 0. The molecule has 0 rings (SSSR count). The zero-order chi connectivity index (χ0) is 15.6. The Balaban J connectivity index is -0.0000000831. The van der Waals surface area contributed by atoms with E-state index in [1.54, 1.807) is 12.2 Å². The average molecular weight is 346 g/mol. The number of carboxylic acids is 2. The van der Waals surface area contributed by atoms with Crippen LogP contribution in [0.3, 0.4) is 0 Å². The van der Waals surface area contributed by atoms with E-state index in [1.807, 2.05) is 0 Å². The largest absolute Gasteiger partial charge is 1.00 e. The third-order valence-corrected chi connectivity index (χ3v) is 2.46. The number of carbonyl (C=O) groups is 2. The van der Waals surface area contributed by atoms with Crippen molar-refractivity contribution in [2.24, 2.45) is 0 Å². The number of aliphatic carboxylic acids is 2. The first-order valence-electron chi connectivity index (χ1n) is 7.29. The van der Waals surface area contributed by atoms with E-state index in [1.165, 1.54) is 12.8 Å². The minimum absolute atomic E-state index is 0. The Hall–Kier alpha value is 0.380. The number of unbranched alkanes of at least 4 members (excludes halogenated alkanes) is 6. The third-order valence-electron chi connectivity index (χ3n) is 2.46. The summed E-state index contributed by atoms with van der Waals surface area (Å²) in [6.07, 6.45) is 14.0. The third kappa shape index (κ3) is 45.0. The molecule has 0 aromatic heterocycles. The zero-order valence-corrected chi connectivity index (χ0v) is 19.1. The van der Waals surface area contributed by atoms with Crippen LogP contribution >= 0.6 is 0 Å². The van der Waals surface area contributed by atoms with Crippen molar-refractivity contribution in [3.05, 3.63) is 24.3 Å². The van der Waals surface area contributed by atoms with Crippen molar-refractivity contribution in [2.75, 3.05) is 0 Å². The van der Waals surface area contributed by atoms with Crippen LogP contribution in [0.1, 0.15) is 65.2 Å². The van der Waals surface area contributed by atoms with Gasteiger partial charge in [0, 0.05) is 0 Å². The van der Waals surface area contributed by atoms with Crippen molar-refractivity contribution in [3.63, 3.8) is 0 Å². The Kier molecular flexibility index (Phi) is 45.6. The van der Waals surface area contributed by atoms with Crippen LogP contribution in [0, 0.1) is 0 Å². The molecule has 5 nitrogen and oxygen atoms in total. The Morgan fingerprint density at radius 1 is 0.739 bits per heavy atom. The summed E-state index contributed by atoms with van der Waals surface area (Å²) in [6.45, 7) is 4.23. The summed E-state index contributed by atoms with van der Waals surface area (Å²) in [6, 6.07) is 0. The Morgan fingerprint density at radius 3 is 1.26 bits per heavy atom. The molecule has 0 aliphatic heterocycles. The van der Waals surface area contributed by atoms with E-state index < -0.39 is 11.9 Å². The van der Waals surface area contributed by atoms with Crippen LogP contribution in [0.4, 0.5) is 0 Å². The molecule has 7 heteroatoms. The molecule has 0 bridgehead atoms. The molecule has 0 fully saturated rings. The molecule has 0 aliphatic rings. The van der Waals surface area contributed by atoms with E-state index in [2.05, 4.69) is 13.8 Å². The molecule has 0 heterocycles. The van der Waals surface area contributed by atoms with Crippen LogP contribution in [-0.4, -0.2) is 17.4 Å². The zero-order valence-electron chi connectivity index (χ0n) is 15.1. The molecule has 0 spiro atoms. The van der Waals surface area contributed by atoms with Crippen molar-refractivity contribution in [1.82, 2.24) is 0 Å². The SMILES string of the molecule is CCCCCC=CC(=O)[O-].CCCCCC=CC(=O)[O-].O.[Na+].[Na+]. The van der Waals surface area contributed by atoms with Crippen LogP contribution in [0.25, 0.3) is 0 Å². The number of hydrogen-bond acceptors (Lipinski definition) is 4. The average Bonchev–Trinajstić information content (AvgIpc) is 2.38. The van der Waals surface area contributed by atoms with Gasteiger partial charge < -0.3 is 25.3 Å². The minimum atomic E-state index is -1.10. The van der Waals surface area contributed by atoms with Gasteiger partial charge in [0.1, 0.15) is 0 Å². The summed E-state index contributed by atoms with van der Waals surface area (Å²) >= 11 is 0. The van der Waals surface area contributed by atoms with Crippen LogP contribution < -0.4 is 69.3 Å². The molecular weight excluding hydrogens is 318 g/mol. The fourth-order valence-electron chi connectivity index (χ4n) is 1.38. The van der Waals surface area contributed by atoms with Gasteiger partial charge in [-0.05, 0) is 37.8 Å². The fraction of sp³-hybridized carbons (Fsp3) is 0.625.